The lowest BCUT2D eigenvalue weighted by Gasteiger charge is -2.06. The summed E-state index contributed by atoms with van der Waals surface area (Å²) in [4.78, 5) is 0. The Labute approximate surface area is 142 Å². The molecule has 24 heavy (non-hydrogen) atoms. The van der Waals surface area contributed by atoms with Crippen LogP contribution in [0.25, 0.3) is 11.6 Å². The highest BCUT2D eigenvalue weighted by molar-refractivity contribution is 5.85. The molecule has 3 heteroatoms. The smallest absolute Gasteiger partial charge is 0.137 e. The summed E-state index contributed by atoms with van der Waals surface area (Å²) >= 11 is 0. The van der Waals surface area contributed by atoms with Crippen LogP contribution in [-0.4, -0.2) is 7.11 Å². The third-order valence-electron chi connectivity index (χ3n) is 3.87. The first-order valence-corrected chi connectivity index (χ1v) is 7.53. The van der Waals surface area contributed by atoms with Gasteiger partial charge in [-0.25, -0.2) is 0 Å². The van der Waals surface area contributed by atoms with Crippen LogP contribution >= 0.6 is 0 Å². The fourth-order valence-corrected chi connectivity index (χ4v) is 2.29. The van der Waals surface area contributed by atoms with Gasteiger partial charge in [0, 0.05) is 5.57 Å². The number of aryl methyl sites for hydroxylation is 2. The molecule has 0 atom stereocenters. The number of benzene rings is 2. The number of nitriles is 2. The largest absolute Gasteiger partial charge is 0.497 e. The van der Waals surface area contributed by atoms with Crippen LogP contribution in [0.1, 0.15) is 22.3 Å². The van der Waals surface area contributed by atoms with Crippen molar-refractivity contribution in [3.63, 3.8) is 0 Å². The standard InChI is InChI=1S/C21H18N2O/c1-15-4-5-17(12-16(15)2)6-11-21(19(13-22)14-23)18-7-9-20(24-3)10-8-18/h4-12H,1-3H3/b11-6+. The molecule has 0 radical (unpaired) electrons. The fraction of sp³-hybridized carbons (Fsp3) is 0.143. The quantitative estimate of drug-likeness (QED) is 0.600. The predicted octanol–water partition coefficient (Wildman–Crippen LogP) is 4.83. The zero-order valence-corrected chi connectivity index (χ0v) is 14.0. The number of allylic oxidation sites excluding steroid dienone is 3. The molecule has 3 nitrogen and oxygen atoms in total. The number of nitrogens with zero attached hydrogens (tertiary/aromatic N) is 2. The van der Waals surface area contributed by atoms with E-state index in [0.717, 1.165) is 16.9 Å². The van der Waals surface area contributed by atoms with E-state index in [4.69, 9.17) is 4.74 Å². The Bertz CT molecular complexity index is 860. The van der Waals surface area contributed by atoms with Crippen molar-refractivity contribution >= 4 is 11.6 Å². The molecule has 0 aliphatic carbocycles. The lowest BCUT2D eigenvalue weighted by atomic mass is 9.99. The van der Waals surface area contributed by atoms with E-state index in [0.29, 0.717) is 5.57 Å². The number of hydrogen-bond acceptors (Lipinski definition) is 3. The SMILES string of the molecule is COc1ccc(C(/C=C/c2ccc(C)c(C)c2)=C(C#N)C#N)cc1. The molecule has 0 bridgehead atoms. The molecule has 2 aromatic rings. The molecule has 0 aliphatic rings. The van der Waals surface area contributed by atoms with E-state index in [1.54, 1.807) is 7.11 Å². The van der Waals surface area contributed by atoms with Crippen LogP contribution in [0.5, 0.6) is 5.75 Å². The summed E-state index contributed by atoms with van der Waals surface area (Å²) in [5.41, 5.74) is 4.94. The lowest BCUT2D eigenvalue weighted by molar-refractivity contribution is 0.415. The van der Waals surface area contributed by atoms with Crippen LogP contribution in [0.3, 0.4) is 0 Å². The normalized spacial score (nSPS) is 10.0. The summed E-state index contributed by atoms with van der Waals surface area (Å²) in [5, 5.41) is 18.5. The summed E-state index contributed by atoms with van der Waals surface area (Å²) in [6, 6.07) is 17.4. The van der Waals surface area contributed by atoms with Crippen molar-refractivity contribution < 1.29 is 4.74 Å². The maximum absolute atomic E-state index is 9.25. The Morgan fingerprint density at radius 1 is 0.958 bits per heavy atom. The Morgan fingerprint density at radius 3 is 2.17 bits per heavy atom. The van der Waals surface area contributed by atoms with Gasteiger partial charge in [-0.15, -0.1) is 0 Å². The number of hydrogen-bond donors (Lipinski definition) is 0. The van der Waals surface area contributed by atoms with Crippen LogP contribution in [0.15, 0.2) is 54.1 Å². The van der Waals surface area contributed by atoms with Crippen molar-refractivity contribution in [2.75, 3.05) is 7.11 Å². The first kappa shape index (κ1) is 17.1. The fourth-order valence-electron chi connectivity index (χ4n) is 2.29. The Balaban J connectivity index is 2.46. The minimum Gasteiger partial charge on any atom is -0.497 e. The molecule has 0 saturated heterocycles. The van der Waals surface area contributed by atoms with Gasteiger partial charge in [-0.3, -0.25) is 0 Å². The molecule has 0 amide bonds. The molecule has 0 unspecified atom stereocenters. The highest BCUT2D eigenvalue weighted by atomic mass is 16.5. The van der Waals surface area contributed by atoms with Crippen molar-refractivity contribution in [2.24, 2.45) is 0 Å². The van der Waals surface area contributed by atoms with Crippen molar-refractivity contribution in [1.29, 1.82) is 10.5 Å². The van der Waals surface area contributed by atoms with Crippen LogP contribution in [-0.2, 0) is 0 Å². The molecule has 0 spiro atoms. The van der Waals surface area contributed by atoms with Crippen molar-refractivity contribution in [1.82, 2.24) is 0 Å². The first-order chi connectivity index (χ1) is 11.6. The molecule has 2 rings (SSSR count). The summed E-state index contributed by atoms with van der Waals surface area (Å²) in [6.45, 7) is 4.12. The Morgan fingerprint density at radius 2 is 1.62 bits per heavy atom. The predicted molar refractivity (Wildman–Crippen MR) is 96.1 cm³/mol. The molecule has 2 aromatic carbocycles. The highest BCUT2D eigenvalue weighted by Gasteiger charge is 2.07. The number of ether oxygens (including phenoxy) is 1. The third kappa shape index (κ3) is 3.91. The molecule has 0 aliphatic heterocycles. The van der Waals surface area contributed by atoms with Gasteiger partial charge in [0.15, 0.2) is 0 Å². The van der Waals surface area contributed by atoms with Gasteiger partial charge in [0.25, 0.3) is 0 Å². The first-order valence-electron chi connectivity index (χ1n) is 7.53. The average molecular weight is 314 g/mol. The molecular weight excluding hydrogens is 296 g/mol. The van der Waals surface area contributed by atoms with Crippen molar-refractivity contribution in [3.8, 4) is 17.9 Å². The maximum atomic E-state index is 9.25. The molecule has 118 valence electrons. The molecular formula is C21H18N2O. The molecule has 0 saturated carbocycles. The van der Waals surface area contributed by atoms with Crippen molar-refractivity contribution in [2.45, 2.75) is 13.8 Å². The van der Waals surface area contributed by atoms with Gasteiger partial charge >= 0.3 is 0 Å². The third-order valence-corrected chi connectivity index (χ3v) is 3.87. The average Bonchev–Trinajstić information content (AvgIpc) is 2.61. The molecule has 0 heterocycles. The minimum absolute atomic E-state index is 0.0836. The van der Waals surface area contributed by atoms with Gasteiger partial charge in [-0.05, 0) is 48.2 Å². The summed E-state index contributed by atoms with van der Waals surface area (Å²) in [5.74, 6) is 0.728. The monoisotopic (exact) mass is 314 g/mol. The maximum Gasteiger partial charge on any atom is 0.137 e. The second kappa shape index (κ2) is 7.81. The highest BCUT2D eigenvalue weighted by Crippen LogP contribution is 2.24. The van der Waals surface area contributed by atoms with Crippen molar-refractivity contribution in [3.05, 3.63) is 76.4 Å². The van der Waals surface area contributed by atoms with E-state index in [1.807, 2.05) is 54.6 Å². The summed E-state index contributed by atoms with van der Waals surface area (Å²) in [6.07, 6.45) is 3.73. The van der Waals surface area contributed by atoms with E-state index in [-0.39, 0.29) is 5.57 Å². The molecule has 0 fully saturated rings. The second-order valence-corrected chi connectivity index (χ2v) is 5.42. The van der Waals surface area contributed by atoms with E-state index in [1.165, 1.54) is 11.1 Å². The molecule has 0 N–H and O–H groups in total. The van der Waals surface area contributed by atoms with E-state index in [2.05, 4.69) is 26.0 Å². The topological polar surface area (TPSA) is 56.8 Å². The Kier molecular flexibility index (Phi) is 5.55. The number of rotatable bonds is 4. The Hall–Kier alpha value is -3.30. The van der Waals surface area contributed by atoms with Gasteiger partial charge in [-0.2, -0.15) is 10.5 Å². The lowest BCUT2D eigenvalue weighted by Crippen LogP contribution is -1.88. The van der Waals surface area contributed by atoms with Gasteiger partial charge < -0.3 is 4.74 Å². The minimum atomic E-state index is 0.0836. The van der Waals surface area contributed by atoms with E-state index < -0.39 is 0 Å². The van der Waals surface area contributed by atoms with Crippen LogP contribution in [0.4, 0.5) is 0 Å². The van der Waals surface area contributed by atoms with Gasteiger partial charge in [0.2, 0.25) is 0 Å². The number of methoxy groups -OCH3 is 1. The zero-order chi connectivity index (χ0) is 17.5. The van der Waals surface area contributed by atoms with Gasteiger partial charge in [-0.1, -0.05) is 42.5 Å². The van der Waals surface area contributed by atoms with E-state index in [9.17, 15) is 10.5 Å². The van der Waals surface area contributed by atoms with Gasteiger partial charge in [0.1, 0.15) is 23.5 Å². The molecule has 0 aromatic heterocycles. The summed E-state index contributed by atoms with van der Waals surface area (Å²) in [7, 11) is 1.60. The van der Waals surface area contributed by atoms with Crippen LogP contribution < -0.4 is 4.74 Å². The zero-order valence-electron chi connectivity index (χ0n) is 14.0. The second-order valence-electron chi connectivity index (χ2n) is 5.42. The van der Waals surface area contributed by atoms with Crippen LogP contribution in [0.2, 0.25) is 0 Å². The van der Waals surface area contributed by atoms with Crippen LogP contribution in [0, 0.1) is 36.5 Å². The van der Waals surface area contributed by atoms with E-state index >= 15 is 0 Å². The van der Waals surface area contributed by atoms with Gasteiger partial charge in [0.05, 0.1) is 7.11 Å². The summed E-state index contributed by atoms with van der Waals surface area (Å²) < 4.78 is 5.15.